The van der Waals surface area contributed by atoms with Gasteiger partial charge in [0, 0.05) is 6.20 Å². The molecule has 2 aromatic rings. The minimum Gasteiger partial charge on any atom is -0.444 e. The molecule has 0 unspecified atom stereocenters. The lowest BCUT2D eigenvalue weighted by atomic mass is 10.2. The van der Waals surface area contributed by atoms with Crippen LogP contribution in [0.25, 0.3) is 11.6 Å². The van der Waals surface area contributed by atoms with Crippen molar-refractivity contribution in [2.24, 2.45) is 0 Å². The molecule has 2 rings (SSSR count). The minimum absolute atomic E-state index is 0.0821. The molecule has 0 aliphatic heterocycles. The molecule has 0 spiro atoms. The van der Waals surface area contributed by atoms with Crippen molar-refractivity contribution in [2.45, 2.75) is 39.1 Å². The Morgan fingerprint density at radius 2 is 2.04 bits per heavy atom. The van der Waals surface area contributed by atoms with Crippen LogP contribution in [-0.2, 0) is 17.5 Å². The van der Waals surface area contributed by atoms with Crippen LogP contribution < -0.4 is 5.32 Å². The Labute approximate surface area is 145 Å². The summed E-state index contributed by atoms with van der Waals surface area (Å²) in [6.07, 6.45) is -4.62. The summed E-state index contributed by atoms with van der Waals surface area (Å²) in [5.41, 5.74) is -1.75. The molecule has 25 heavy (non-hydrogen) atoms. The summed E-state index contributed by atoms with van der Waals surface area (Å²) in [6, 6.07) is 0.715. The van der Waals surface area contributed by atoms with E-state index in [1.165, 1.54) is 0 Å². The van der Waals surface area contributed by atoms with Gasteiger partial charge in [-0.1, -0.05) is 16.8 Å². The van der Waals surface area contributed by atoms with Gasteiger partial charge in [-0.25, -0.2) is 9.78 Å². The number of carbonyl (C=O) groups excluding carboxylic acids is 1. The fourth-order valence-corrected chi connectivity index (χ4v) is 1.88. The van der Waals surface area contributed by atoms with Crippen molar-refractivity contribution in [3.8, 4) is 11.6 Å². The summed E-state index contributed by atoms with van der Waals surface area (Å²) in [7, 11) is 0. The second-order valence-electron chi connectivity index (χ2n) is 5.92. The van der Waals surface area contributed by atoms with E-state index in [2.05, 4.69) is 20.4 Å². The van der Waals surface area contributed by atoms with Crippen molar-refractivity contribution in [1.29, 1.82) is 0 Å². The number of alkyl halides is 3. The molecule has 0 saturated carbocycles. The Hall–Kier alpha value is -2.36. The minimum atomic E-state index is -4.56. The smallest absolute Gasteiger partial charge is 0.417 e. The van der Waals surface area contributed by atoms with E-state index in [1.807, 2.05) is 0 Å². The van der Waals surface area contributed by atoms with Gasteiger partial charge >= 0.3 is 12.3 Å². The Bertz CT molecular complexity index is 771. The zero-order chi connectivity index (χ0) is 18.8. The third-order valence-electron chi connectivity index (χ3n) is 2.63. The summed E-state index contributed by atoms with van der Waals surface area (Å²) < 4.78 is 47.7. The van der Waals surface area contributed by atoms with Gasteiger partial charge in [0.05, 0.1) is 17.1 Å². The van der Waals surface area contributed by atoms with Crippen LogP contribution in [0.2, 0.25) is 5.02 Å². The monoisotopic (exact) mass is 378 g/mol. The number of hydrogen-bond acceptors (Lipinski definition) is 6. The Kier molecular flexibility index (Phi) is 5.21. The fraction of sp³-hybridized carbons (Fsp3) is 0.429. The predicted octanol–water partition coefficient (Wildman–Crippen LogP) is 3.83. The predicted molar refractivity (Wildman–Crippen MR) is 80.6 cm³/mol. The molecular weight excluding hydrogens is 365 g/mol. The van der Waals surface area contributed by atoms with Crippen molar-refractivity contribution < 1.29 is 27.2 Å². The molecule has 1 amide bonds. The maximum absolute atomic E-state index is 12.6. The van der Waals surface area contributed by atoms with Gasteiger partial charge in [-0.15, -0.1) is 0 Å². The summed E-state index contributed by atoms with van der Waals surface area (Å²) >= 11 is 5.80. The number of ether oxygens (including phenoxy) is 1. The van der Waals surface area contributed by atoms with Crippen LogP contribution in [0.15, 0.2) is 16.8 Å². The van der Waals surface area contributed by atoms with Crippen molar-refractivity contribution >= 4 is 17.7 Å². The lowest BCUT2D eigenvalue weighted by Crippen LogP contribution is -2.32. The van der Waals surface area contributed by atoms with Crippen molar-refractivity contribution in [2.75, 3.05) is 0 Å². The molecule has 0 atom stereocenters. The number of hydrogen-bond donors (Lipinski definition) is 1. The SMILES string of the molecule is CC(C)(C)OC(=O)NCc1noc(-c2ncc(C(F)(F)F)cc2Cl)n1. The van der Waals surface area contributed by atoms with Gasteiger partial charge in [0.1, 0.15) is 11.3 Å². The van der Waals surface area contributed by atoms with E-state index in [1.54, 1.807) is 20.8 Å². The first-order valence-electron chi connectivity index (χ1n) is 6.98. The molecule has 0 saturated heterocycles. The number of pyridine rings is 1. The number of nitrogens with one attached hydrogen (secondary N) is 1. The van der Waals surface area contributed by atoms with Crippen LogP contribution in [0.5, 0.6) is 0 Å². The highest BCUT2D eigenvalue weighted by Crippen LogP contribution is 2.33. The molecule has 0 bridgehead atoms. The standard InChI is InChI=1S/C14H14ClF3N4O3/c1-13(2,3)24-12(23)20-6-9-21-11(25-22-9)10-8(15)4-7(5-19-10)14(16,17)18/h4-5H,6H2,1-3H3,(H,20,23). The van der Waals surface area contributed by atoms with Crippen molar-refractivity contribution in [3.63, 3.8) is 0 Å². The van der Waals surface area contributed by atoms with Crippen LogP contribution in [0, 0.1) is 0 Å². The third-order valence-corrected chi connectivity index (χ3v) is 2.92. The summed E-state index contributed by atoms with van der Waals surface area (Å²) in [5, 5.41) is 5.72. The average Bonchev–Trinajstić information content (AvgIpc) is 2.91. The summed E-state index contributed by atoms with van der Waals surface area (Å²) in [6.45, 7) is 5.02. The first-order chi connectivity index (χ1) is 11.5. The molecule has 136 valence electrons. The molecule has 0 aliphatic rings. The first-order valence-corrected chi connectivity index (χ1v) is 7.36. The molecule has 2 aromatic heterocycles. The fourth-order valence-electron chi connectivity index (χ4n) is 1.64. The Morgan fingerprint density at radius 1 is 1.36 bits per heavy atom. The average molecular weight is 379 g/mol. The van der Waals surface area contributed by atoms with Gasteiger partial charge in [0.25, 0.3) is 5.89 Å². The lowest BCUT2D eigenvalue weighted by Gasteiger charge is -2.19. The highest BCUT2D eigenvalue weighted by molar-refractivity contribution is 6.32. The second-order valence-corrected chi connectivity index (χ2v) is 6.33. The van der Waals surface area contributed by atoms with E-state index in [0.29, 0.717) is 12.3 Å². The zero-order valence-electron chi connectivity index (χ0n) is 13.4. The van der Waals surface area contributed by atoms with Crippen LogP contribution in [-0.4, -0.2) is 26.8 Å². The first kappa shape index (κ1) is 19.0. The highest BCUT2D eigenvalue weighted by Gasteiger charge is 2.32. The van der Waals surface area contributed by atoms with Crippen molar-refractivity contribution in [3.05, 3.63) is 28.7 Å². The quantitative estimate of drug-likeness (QED) is 0.873. The second kappa shape index (κ2) is 6.87. The summed E-state index contributed by atoms with van der Waals surface area (Å²) in [4.78, 5) is 19.1. The molecule has 0 aromatic carbocycles. The van der Waals surface area contributed by atoms with E-state index in [4.69, 9.17) is 20.9 Å². The van der Waals surface area contributed by atoms with Crippen LogP contribution in [0.4, 0.5) is 18.0 Å². The number of alkyl carbamates (subject to hydrolysis) is 1. The van der Waals surface area contributed by atoms with E-state index in [9.17, 15) is 18.0 Å². The van der Waals surface area contributed by atoms with Crippen LogP contribution in [0.3, 0.4) is 0 Å². The van der Waals surface area contributed by atoms with Gasteiger partial charge in [-0.2, -0.15) is 18.2 Å². The van der Waals surface area contributed by atoms with Gasteiger partial charge in [0.2, 0.25) is 0 Å². The molecule has 1 N–H and O–H groups in total. The van der Waals surface area contributed by atoms with E-state index >= 15 is 0 Å². The van der Waals surface area contributed by atoms with Crippen LogP contribution >= 0.6 is 11.6 Å². The third kappa shape index (κ3) is 5.31. The van der Waals surface area contributed by atoms with Gasteiger partial charge in [-0.05, 0) is 26.8 Å². The van der Waals surface area contributed by atoms with E-state index in [-0.39, 0.29) is 29.0 Å². The maximum atomic E-state index is 12.6. The van der Waals surface area contributed by atoms with Gasteiger partial charge < -0.3 is 14.6 Å². The van der Waals surface area contributed by atoms with E-state index < -0.39 is 23.4 Å². The normalized spacial score (nSPS) is 12.1. The molecule has 7 nitrogen and oxygen atoms in total. The molecule has 0 aliphatic carbocycles. The zero-order valence-corrected chi connectivity index (χ0v) is 14.2. The number of amides is 1. The molecule has 11 heteroatoms. The summed E-state index contributed by atoms with van der Waals surface area (Å²) in [5.74, 6) is -0.0849. The maximum Gasteiger partial charge on any atom is 0.417 e. The molecule has 0 fully saturated rings. The Morgan fingerprint density at radius 3 is 2.60 bits per heavy atom. The molecule has 0 radical (unpaired) electrons. The topological polar surface area (TPSA) is 90.1 Å². The van der Waals surface area contributed by atoms with E-state index in [0.717, 1.165) is 0 Å². The number of aromatic nitrogens is 3. The number of carbonyl (C=O) groups is 1. The highest BCUT2D eigenvalue weighted by atomic mass is 35.5. The Balaban J connectivity index is 2.08. The number of rotatable bonds is 3. The van der Waals surface area contributed by atoms with Gasteiger partial charge in [-0.3, -0.25) is 0 Å². The lowest BCUT2D eigenvalue weighted by molar-refractivity contribution is -0.137. The number of nitrogens with zero attached hydrogens (tertiary/aromatic N) is 3. The number of halogens is 4. The van der Waals surface area contributed by atoms with Crippen molar-refractivity contribution in [1.82, 2.24) is 20.4 Å². The largest absolute Gasteiger partial charge is 0.444 e. The molecule has 2 heterocycles. The van der Waals surface area contributed by atoms with Crippen LogP contribution in [0.1, 0.15) is 32.2 Å². The van der Waals surface area contributed by atoms with Gasteiger partial charge in [0.15, 0.2) is 5.82 Å². The molecular formula is C14H14ClF3N4O3.